The van der Waals surface area contributed by atoms with Gasteiger partial charge >= 0.3 is 0 Å². The van der Waals surface area contributed by atoms with E-state index >= 15 is 0 Å². The molecule has 110 valence electrons. The second kappa shape index (κ2) is 5.57. The van der Waals surface area contributed by atoms with Crippen LogP contribution in [0, 0.1) is 0 Å². The highest BCUT2D eigenvalue weighted by Crippen LogP contribution is 2.34. The van der Waals surface area contributed by atoms with Crippen molar-refractivity contribution in [3.05, 3.63) is 41.7 Å². The maximum atomic E-state index is 5.67. The minimum Gasteiger partial charge on any atom is -0.491 e. The Kier molecular flexibility index (Phi) is 3.62. The fourth-order valence-electron chi connectivity index (χ4n) is 2.33. The molecule has 1 aliphatic rings. The third kappa shape index (κ3) is 2.75. The van der Waals surface area contributed by atoms with Crippen LogP contribution in [0.5, 0.6) is 5.75 Å². The number of hydrogen-bond donors (Lipinski definition) is 3. The van der Waals surface area contributed by atoms with E-state index in [0.29, 0.717) is 12.4 Å². The Morgan fingerprint density at radius 3 is 2.76 bits per heavy atom. The monoisotopic (exact) mass is 285 g/mol. The van der Waals surface area contributed by atoms with Gasteiger partial charge < -0.3 is 15.5 Å². The number of fused-ring (bicyclic) bond motifs is 1. The Morgan fingerprint density at radius 2 is 2.00 bits per heavy atom. The third-order valence-corrected chi connectivity index (χ3v) is 3.43. The Bertz CT molecular complexity index is 644. The molecule has 1 atom stereocenters. The van der Waals surface area contributed by atoms with Crippen LogP contribution in [0.15, 0.2) is 30.3 Å². The smallest absolute Gasteiger partial charge is 0.145 e. The lowest BCUT2D eigenvalue weighted by molar-refractivity contribution is 0.339. The first-order valence-corrected chi connectivity index (χ1v) is 7.01. The van der Waals surface area contributed by atoms with Gasteiger partial charge in [-0.2, -0.15) is 0 Å². The lowest BCUT2D eigenvalue weighted by Crippen LogP contribution is -2.16. The molecule has 0 bridgehead atoms. The Hall–Kier alpha value is -2.34. The number of hydrazine groups is 1. The number of aromatic nitrogens is 2. The minimum atomic E-state index is 0.0849. The highest BCUT2D eigenvalue weighted by Gasteiger charge is 2.24. The molecule has 1 aromatic carbocycles. The summed E-state index contributed by atoms with van der Waals surface area (Å²) >= 11 is 0. The molecule has 2 heterocycles. The van der Waals surface area contributed by atoms with Crippen LogP contribution >= 0.6 is 0 Å². The van der Waals surface area contributed by atoms with Crippen molar-refractivity contribution in [3.63, 3.8) is 0 Å². The fourth-order valence-corrected chi connectivity index (χ4v) is 2.33. The van der Waals surface area contributed by atoms with Gasteiger partial charge in [0.15, 0.2) is 0 Å². The van der Waals surface area contributed by atoms with E-state index in [-0.39, 0.29) is 12.0 Å². The number of nitrogens with zero attached hydrogens (tertiary/aromatic N) is 2. The van der Waals surface area contributed by atoms with Crippen molar-refractivity contribution in [2.75, 3.05) is 17.3 Å². The van der Waals surface area contributed by atoms with Gasteiger partial charge in [-0.15, -0.1) is 0 Å². The largest absolute Gasteiger partial charge is 0.491 e. The standard InChI is InChI=1S/C15H19N5O/c1-9(2)15-18-13(7-14(19-15)20-16)17-11-8-21-12-6-4-3-5-10(11)12/h3-7,9,11H,8,16H2,1-2H3,(H2,17,18,19,20). The van der Waals surface area contributed by atoms with Gasteiger partial charge in [0.05, 0.1) is 6.04 Å². The molecule has 2 aromatic rings. The predicted molar refractivity (Wildman–Crippen MR) is 82.2 cm³/mol. The van der Waals surface area contributed by atoms with Crippen molar-refractivity contribution in [3.8, 4) is 5.75 Å². The zero-order valence-corrected chi connectivity index (χ0v) is 12.1. The number of ether oxygens (including phenoxy) is 1. The van der Waals surface area contributed by atoms with E-state index in [1.54, 1.807) is 6.07 Å². The molecule has 0 fully saturated rings. The third-order valence-electron chi connectivity index (χ3n) is 3.43. The molecule has 0 saturated carbocycles. The van der Waals surface area contributed by atoms with Crippen LogP contribution in [-0.4, -0.2) is 16.6 Å². The van der Waals surface area contributed by atoms with Crippen molar-refractivity contribution in [2.45, 2.75) is 25.8 Å². The van der Waals surface area contributed by atoms with Crippen LogP contribution in [-0.2, 0) is 0 Å². The maximum Gasteiger partial charge on any atom is 0.145 e. The van der Waals surface area contributed by atoms with Gasteiger partial charge in [0, 0.05) is 17.5 Å². The number of benzene rings is 1. The van der Waals surface area contributed by atoms with Gasteiger partial charge in [0.25, 0.3) is 0 Å². The molecule has 0 amide bonds. The van der Waals surface area contributed by atoms with Crippen LogP contribution < -0.4 is 21.3 Å². The van der Waals surface area contributed by atoms with Gasteiger partial charge in [-0.05, 0) is 6.07 Å². The van der Waals surface area contributed by atoms with E-state index in [0.717, 1.165) is 23.0 Å². The zero-order chi connectivity index (χ0) is 14.8. The molecular formula is C15H19N5O. The Balaban J connectivity index is 1.87. The van der Waals surface area contributed by atoms with Crippen molar-refractivity contribution in [1.82, 2.24) is 9.97 Å². The highest BCUT2D eigenvalue weighted by molar-refractivity contribution is 5.51. The first-order chi connectivity index (χ1) is 10.2. The van der Waals surface area contributed by atoms with E-state index in [4.69, 9.17) is 10.6 Å². The normalized spacial score (nSPS) is 16.5. The number of nitrogen functional groups attached to an aromatic ring is 1. The molecule has 21 heavy (non-hydrogen) atoms. The Morgan fingerprint density at radius 1 is 1.24 bits per heavy atom. The summed E-state index contributed by atoms with van der Waals surface area (Å²) in [6.07, 6.45) is 0. The number of nitrogens with two attached hydrogens (primary N) is 1. The van der Waals surface area contributed by atoms with Crippen LogP contribution in [0.25, 0.3) is 0 Å². The second-order valence-electron chi connectivity index (χ2n) is 5.34. The molecule has 3 rings (SSSR count). The van der Waals surface area contributed by atoms with Gasteiger partial charge in [0.2, 0.25) is 0 Å². The van der Waals surface area contributed by atoms with E-state index in [2.05, 4.69) is 26.8 Å². The van der Waals surface area contributed by atoms with Crippen molar-refractivity contribution >= 4 is 11.6 Å². The van der Waals surface area contributed by atoms with Crippen molar-refractivity contribution in [2.24, 2.45) is 5.84 Å². The van der Waals surface area contributed by atoms with Crippen LogP contribution in [0.1, 0.15) is 37.2 Å². The molecule has 0 saturated heterocycles. The summed E-state index contributed by atoms with van der Waals surface area (Å²) in [6, 6.07) is 9.90. The number of rotatable bonds is 4. The lowest BCUT2D eigenvalue weighted by atomic mass is 10.1. The molecule has 0 spiro atoms. The number of nitrogens with one attached hydrogen (secondary N) is 2. The van der Waals surface area contributed by atoms with E-state index in [9.17, 15) is 0 Å². The van der Waals surface area contributed by atoms with E-state index in [1.165, 1.54) is 0 Å². The molecule has 1 unspecified atom stereocenters. The summed E-state index contributed by atoms with van der Waals surface area (Å²) in [6.45, 7) is 4.69. The SMILES string of the molecule is CC(C)c1nc(NN)cc(NC2COc3ccccc32)n1. The van der Waals surface area contributed by atoms with Gasteiger partial charge in [-0.25, -0.2) is 15.8 Å². The summed E-state index contributed by atoms with van der Waals surface area (Å²) in [7, 11) is 0. The number of para-hydroxylation sites is 1. The van der Waals surface area contributed by atoms with Crippen LogP contribution in [0.2, 0.25) is 0 Å². The molecule has 4 N–H and O–H groups in total. The number of hydrogen-bond acceptors (Lipinski definition) is 6. The first-order valence-electron chi connectivity index (χ1n) is 7.01. The maximum absolute atomic E-state index is 5.67. The summed E-state index contributed by atoms with van der Waals surface area (Å²) in [5.41, 5.74) is 3.73. The average Bonchev–Trinajstić information content (AvgIpc) is 2.90. The average molecular weight is 285 g/mol. The van der Waals surface area contributed by atoms with Crippen molar-refractivity contribution in [1.29, 1.82) is 0 Å². The number of anilines is 2. The molecule has 0 radical (unpaired) electrons. The van der Waals surface area contributed by atoms with Crippen LogP contribution in [0.4, 0.5) is 11.6 Å². The van der Waals surface area contributed by atoms with E-state index < -0.39 is 0 Å². The minimum absolute atomic E-state index is 0.0849. The summed E-state index contributed by atoms with van der Waals surface area (Å²) < 4.78 is 5.67. The molecule has 6 nitrogen and oxygen atoms in total. The predicted octanol–water partition coefficient (Wildman–Crippen LogP) is 2.43. The topological polar surface area (TPSA) is 85.1 Å². The second-order valence-corrected chi connectivity index (χ2v) is 5.34. The molecule has 0 aliphatic carbocycles. The van der Waals surface area contributed by atoms with Crippen molar-refractivity contribution < 1.29 is 4.74 Å². The summed E-state index contributed by atoms with van der Waals surface area (Å²) in [5.74, 6) is 8.72. The molecule has 6 heteroatoms. The summed E-state index contributed by atoms with van der Waals surface area (Å²) in [5, 5.41) is 3.40. The van der Waals surface area contributed by atoms with Crippen LogP contribution in [0.3, 0.4) is 0 Å². The molecule has 1 aliphatic heterocycles. The van der Waals surface area contributed by atoms with E-state index in [1.807, 2.05) is 32.0 Å². The van der Waals surface area contributed by atoms with Gasteiger partial charge in [-0.3, -0.25) is 0 Å². The zero-order valence-electron chi connectivity index (χ0n) is 12.1. The molecular weight excluding hydrogens is 266 g/mol. The lowest BCUT2D eigenvalue weighted by Gasteiger charge is -2.15. The highest BCUT2D eigenvalue weighted by atomic mass is 16.5. The van der Waals surface area contributed by atoms with Gasteiger partial charge in [0.1, 0.15) is 29.8 Å². The first kappa shape index (κ1) is 13.6. The fraction of sp³-hybridized carbons (Fsp3) is 0.333. The van der Waals surface area contributed by atoms with Gasteiger partial charge in [-0.1, -0.05) is 32.0 Å². The quantitative estimate of drug-likeness (QED) is 0.591. The molecule has 1 aromatic heterocycles. The summed E-state index contributed by atoms with van der Waals surface area (Å²) in [4.78, 5) is 8.90. The Labute approximate surface area is 123 Å².